The van der Waals surface area contributed by atoms with Crippen LogP contribution in [0.1, 0.15) is 29.8 Å². The Balaban J connectivity index is 1.60. The molecular formula is C16H24N6. The number of hydrogen-bond acceptors (Lipinski definition) is 5. The molecule has 0 aliphatic carbocycles. The van der Waals surface area contributed by atoms with Crippen LogP contribution in [0.3, 0.4) is 0 Å². The van der Waals surface area contributed by atoms with Crippen molar-refractivity contribution in [1.29, 1.82) is 0 Å². The predicted molar refractivity (Wildman–Crippen MR) is 86.6 cm³/mol. The summed E-state index contributed by atoms with van der Waals surface area (Å²) in [5.74, 6) is 0.740. The van der Waals surface area contributed by atoms with Crippen LogP contribution in [-0.2, 0) is 13.6 Å². The number of hydrogen-bond donors (Lipinski definition) is 1. The van der Waals surface area contributed by atoms with Crippen molar-refractivity contribution in [3.8, 4) is 0 Å². The molecule has 1 aliphatic heterocycles. The number of aromatic nitrogens is 4. The number of nitrogens with zero attached hydrogens (tertiary/aromatic N) is 5. The maximum absolute atomic E-state index is 4.44. The first-order chi connectivity index (χ1) is 10.6. The second-order valence-corrected chi connectivity index (χ2v) is 6.15. The fourth-order valence-corrected chi connectivity index (χ4v) is 3.06. The smallest absolute Gasteiger partial charge is 0.223 e. The molecule has 0 aromatic carbocycles. The fourth-order valence-electron chi connectivity index (χ4n) is 3.06. The Labute approximate surface area is 131 Å². The van der Waals surface area contributed by atoms with E-state index in [9.17, 15) is 0 Å². The van der Waals surface area contributed by atoms with Crippen LogP contribution in [-0.4, -0.2) is 43.8 Å². The summed E-state index contributed by atoms with van der Waals surface area (Å²) in [5, 5.41) is 7.90. The highest BCUT2D eigenvalue weighted by Crippen LogP contribution is 2.17. The third-order valence-electron chi connectivity index (χ3n) is 4.14. The van der Waals surface area contributed by atoms with Crippen LogP contribution in [0.4, 0.5) is 5.95 Å². The van der Waals surface area contributed by atoms with E-state index in [1.165, 1.54) is 18.4 Å². The molecule has 3 rings (SSSR count). The molecule has 0 radical (unpaired) electrons. The highest BCUT2D eigenvalue weighted by atomic mass is 15.3. The van der Waals surface area contributed by atoms with Crippen LogP contribution < -0.4 is 5.32 Å². The van der Waals surface area contributed by atoms with Gasteiger partial charge in [-0.25, -0.2) is 9.97 Å². The first kappa shape index (κ1) is 15.0. The van der Waals surface area contributed by atoms with Crippen molar-refractivity contribution >= 4 is 5.95 Å². The highest BCUT2D eigenvalue weighted by Gasteiger charge is 2.21. The molecule has 1 saturated heterocycles. The molecule has 118 valence electrons. The van der Waals surface area contributed by atoms with Crippen molar-refractivity contribution in [3.05, 3.63) is 35.4 Å². The minimum absolute atomic E-state index is 0.410. The number of nitrogens with one attached hydrogen (secondary N) is 1. The Morgan fingerprint density at radius 2 is 2.23 bits per heavy atom. The van der Waals surface area contributed by atoms with Crippen LogP contribution in [0.2, 0.25) is 0 Å². The molecule has 1 unspecified atom stereocenters. The highest BCUT2D eigenvalue weighted by molar-refractivity contribution is 5.27. The molecule has 0 spiro atoms. The van der Waals surface area contributed by atoms with E-state index in [1.807, 2.05) is 30.9 Å². The van der Waals surface area contributed by atoms with Gasteiger partial charge in [-0.15, -0.1) is 0 Å². The van der Waals surface area contributed by atoms with Crippen LogP contribution in [0.15, 0.2) is 18.5 Å². The summed E-state index contributed by atoms with van der Waals surface area (Å²) in [6, 6.07) is 2.33. The zero-order valence-electron chi connectivity index (χ0n) is 13.6. The van der Waals surface area contributed by atoms with Gasteiger partial charge in [0, 0.05) is 49.8 Å². The lowest BCUT2D eigenvalue weighted by atomic mass is 10.1. The lowest BCUT2D eigenvalue weighted by Crippen LogP contribution is -2.42. The molecule has 6 heteroatoms. The molecule has 1 fully saturated rings. The maximum atomic E-state index is 4.44. The van der Waals surface area contributed by atoms with Gasteiger partial charge in [0.05, 0.1) is 5.69 Å². The molecule has 1 aliphatic rings. The average molecular weight is 300 g/mol. The third kappa shape index (κ3) is 3.62. The molecule has 0 amide bonds. The quantitative estimate of drug-likeness (QED) is 0.934. The molecule has 6 nitrogen and oxygen atoms in total. The van der Waals surface area contributed by atoms with Crippen LogP contribution >= 0.6 is 0 Å². The summed E-state index contributed by atoms with van der Waals surface area (Å²) in [6.07, 6.45) is 6.29. The van der Waals surface area contributed by atoms with E-state index in [-0.39, 0.29) is 0 Å². The molecule has 3 heterocycles. The molecule has 1 atom stereocenters. The Bertz CT molecular complexity index is 635. The van der Waals surface area contributed by atoms with E-state index >= 15 is 0 Å². The normalized spacial score (nSPS) is 19.3. The van der Waals surface area contributed by atoms with Crippen molar-refractivity contribution in [1.82, 2.24) is 24.6 Å². The van der Waals surface area contributed by atoms with Crippen LogP contribution in [0.5, 0.6) is 0 Å². The zero-order valence-corrected chi connectivity index (χ0v) is 13.6. The lowest BCUT2D eigenvalue weighted by molar-refractivity contribution is 0.208. The van der Waals surface area contributed by atoms with E-state index in [2.05, 4.69) is 38.4 Å². The summed E-state index contributed by atoms with van der Waals surface area (Å²) in [7, 11) is 1.98. The minimum Gasteiger partial charge on any atom is -0.350 e. The minimum atomic E-state index is 0.410. The fraction of sp³-hybridized carbons (Fsp3) is 0.562. The number of rotatable bonds is 4. The Morgan fingerprint density at radius 3 is 2.95 bits per heavy atom. The van der Waals surface area contributed by atoms with Gasteiger partial charge in [-0.05, 0) is 39.3 Å². The van der Waals surface area contributed by atoms with Gasteiger partial charge in [-0.2, -0.15) is 5.10 Å². The zero-order chi connectivity index (χ0) is 15.5. The molecule has 1 N–H and O–H groups in total. The Hall–Kier alpha value is -1.95. The first-order valence-electron chi connectivity index (χ1n) is 7.88. The van der Waals surface area contributed by atoms with Crippen molar-refractivity contribution in [2.24, 2.45) is 7.05 Å². The van der Waals surface area contributed by atoms with E-state index in [1.54, 1.807) is 0 Å². The van der Waals surface area contributed by atoms with Crippen molar-refractivity contribution < 1.29 is 0 Å². The second-order valence-electron chi connectivity index (χ2n) is 6.15. The van der Waals surface area contributed by atoms with E-state index in [0.29, 0.717) is 6.04 Å². The van der Waals surface area contributed by atoms with Crippen LogP contribution in [0.25, 0.3) is 0 Å². The topological polar surface area (TPSA) is 58.9 Å². The third-order valence-corrected chi connectivity index (χ3v) is 4.14. The lowest BCUT2D eigenvalue weighted by Gasteiger charge is -2.33. The summed E-state index contributed by atoms with van der Waals surface area (Å²) < 4.78 is 1.89. The van der Waals surface area contributed by atoms with Crippen molar-refractivity contribution in [3.63, 3.8) is 0 Å². The molecule has 22 heavy (non-hydrogen) atoms. The second kappa shape index (κ2) is 6.44. The standard InChI is InChI=1S/C16H24N6/c1-12-6-7-17-16(18-12)19-15-5-4-8-22(11-15)10-14-9-21(3)20-13(14)2/h6-7,9,15H,4-5,8,10-11H2,1-3H3,(H,17,18,19). The van der Waals surface area contributed by atoms with Gasteiger partial charge in [0.25, 0.3) is 0 Å². The van der Waals surface area contributed by atoms with Crippen molar-refractivity contribution in [2.45, 2.75) is 39.3 Å². The number of piperidine rings is 1. The number of anilines is 1. The van der Waals surface area contributed by atoms with Gasteiger partial charge < -0.3 is 5.32 Å². The molecule has 0 saturated carbocycles. The predicted octanol–water partition coefficient (Wildman–Crippen LogP) is 1.90. The number of likely N-dealkylation sites (tertiary alicyclic amines) is 1. The van der Waals surface area contributed by atoms with Gasteiger partial charge in [0.2, 0.25) is 5.95 Å². The Morgan fingerprint density at radius 1 is 1.36 bits per heavy atom. The first-order valence-corrected chi connectivity index (χ1v) is 7.88. The summed E-state index contributed by atoms with van der Waals surface area (Å²) >= 11 is 0. The van der Waals surface area contributed by atoms with Gasteiger partial charge in [-0.3, -0.25) is 9.58 Å². The number of aryl methyl sites for hydroxylation is 3. The van der Waals surface area contributed by atoms with Gasteiger partial charge in [0.1, 0.15) is 0 Å². The van der Waals surface area contributed by atoms with Crippen LogP contribution in [0, 0.1) is 13.8 Å². The van der Waals surface area contributed by atoms with E-state index in [0.717, 1.165) is 37.0 Å². The maximum Gasteiger partial charge on any atom is 0.223 e. The average Bonchev–Trinajstić information content (AvgIpc) is 2.77. The largest absolute Gasteiger partial charge is 0.350 e. The molecule has 2 aromatic heterocycles. The summed E-state index contributed by atoms with van der Waals surface area (Å²) in [4.78, 5) is 11.2. The summed E-state index contributed by atoms with van der Waals surface area (Å²) in [5.41, 5.74) is 3.44. The van der Waals surface area contributed by atoms with Gasteiger partial charge >= 0.3 is 0 Å². The SMILES string of the molecule is Cc1ccnc(NC2CCCN(Cc3cn(C)nc3C)C2)n1. The van der Waals surface area contributed by atoms with E-state index < -0.39 is 0 Å². The monoisotopic (exact) mass is 300 g/mol. The molecule has 2 aromatic rings. The van der Waals surface area contributed by atoms with Crippen molar-refractivity contribution in [2.75, 3.05) is 18.4 Å². The Kier molecular flexibility index (Phi) is 4.38. The molecule has 0 bridgehead atoms. The van der Waals surface area contributed by atoms with Gasteiger partial charge in [0.15, 0.2) is 0 Å². The summed E-state index contributed by atoms with van der Waals surface area (Å²) in [6.45, 7) is 7.19. The molecular weight excluding hydrogens is 276 g/mol. The van der Waals surface area contributed by atoms with E-state index in [4.69, 9.17) is 0 Å². The van der Waals surface area contributed by atoms with Gasteiger partial charge in [-0.1, -0.05) is 0 Å².